The molecule has 0 radical (unpaired) electrons. The zero-order valence-corrected chi connectivity index (χ0v) is 12.1. The molecule has 18 heavy (non-hydrogen) atoms. The van der Waals surface area contributed by atoms with Crippen LogP contribution in [-0.4, -0.2) is 19.8 Å². The van der Waals surface area contributed by atoms with E-state index in [1.165, 1.54) is 11.1 Å². The number of nitrogens with two attached hydrogens (primary N) is 1. The van der Waals surface area contributed by atoms with Gasteiger partial charge in [0.2, 0.25) is 0 Å². The summed E-state index contributed by atoms with van der Waals surface area (Å²) >= 11 is 3.59. The van der Waals surface area contributed by atoms with Gasteiger partial charge in [0.1, 0.15) is 0 Å². The monoisotopic (exact) mass is 315 g/mol. The van der Waals surface area contributed by atoms with Crippen molar-refractivity contribution in [1.82, 2.24) is 0 Å². The summed E-state index contributed by atoms with van der Waals surface area (Å²) in [6, 6.07) is 1.98. The van der Waals surface area contributed by atoms with E-state index in [9.17, 15) is 0 Å². The molecule has 4 nitrogen and oxygen atoms in total. The average Bonchev–Trinajstić information content (AvgIpc) is 2.60. The Hall–Kier alpha value is -0.780. The summed E-state index contributed by atoms with van der Waals surface area (Å²) in [6.07, 6.45) is 2.57. The van der Waals surface area contributed by atoms with Crippen LogP contribution in [0.1, 0.15) is 24.5 Å². The van der Waals surface area contributed by atoms with Crippen LogP contribution in [0.2, 0.25) is 0 Å². The van der Waals surface area contributed by atoms with Crippen molar-refractivity contribution in [2.24, 2.45) is 5.90 Å². The summed E-state index contributed by atoms with van der Waals surface area (Å²) < 4.78 is 12.6. The van der Waals surface area contributed by atoms with Crippen molar-refractivity contribution in [1.29, 1.82) is 0 Å². The molecule has 0 aliphatic carbocycles. The molecule has 1 aliphatic rings. The lowest BCUT2D eigenvalue weighted by atomic mass is 10.0. The predicted molar refractivity (Wildman–Crippen MR) is 73.0 cm³/mol. The number of hydrogen-bond donors (Lipinski definition) is 1. The number of rotatable bonds is 4. The van der Waals surface area contributed by atoms with Crippen LogP contribution in [0, 0.1) is 0 Å². The second-order valence-electron chi connectivity index (χ2n) is 4.17. The van der Waals surface area contributed by atoms with Crippen molar-refractivity contribution >= 4 is 15.9 Å². The lowest BCUT2D eigenvalue weighted by Crippen LogP contribution is -2.08. The first kappa shape index (κ1) is 13.6. The van der Waals surface area contributed by atoms with Gasteiger partial charge >= 0.3 is 0 Å². The Morgan fingerprint density at radius 3 is 2.83 bits per heavy atom. The topological polar surface area (TPSA) is 53.7 Å². The summed E-state index contributed by atoms with van der Waals surface area (Å²) in [7, 11) is 0. The van der Waals surface area contributed by atoms with Gasteiger partial charge in [0.15, 0.2) is 11.5 Å². The Morgan fingerprint density at radius 2 is 2.11 bits per heavy atom. The van der Waals surface area contributed by atoms with Gasteiger partial charge in [-0.05, 0) is 24.5 Å². The highest BCUT2D eigenvalue weighted by Gasteiger charge is 2.19. The molecule has 1 aliphatic heterocycles. The molecular weight excluding hydrogens is 298 g/mol. The second kappa shape index (κ2) is 6.41. The van der Waals surface area contributed by atoms with E-state index in [2.05, 4.69) is 27.7 Å². The minimum absolute atomic E-state index is 0.491. The van der Waals surface area contributed by atoms with Gasteiger partial charge in [-0.2, -0.15) is 0 Å². The van der Waals surface area contributed by atoms with Crippen LogP contribution in [-0.2, 0) is 17.7 Å². The standard InChI is InChI=1S/C13H18BrNO3/c1-2-9-10(4-7-18-15)11(14)8-12-13(9)17-6-3-5-16-12/h8H,2-7,15H2,1H3. The molecular formula is C13H18BrNO3. The highest BCUT2D eigenvalue weighted by atomic mass is 79.9. The van der Waals surface area contributed by atoms with Crippen molar-refractivity contribution in [3.8, 4) is 11.5 Å². The molecule has 1 aromatic carbocycles. The SMILES string of the molecule is CCc1c(CCON)c(Br)cc2c1OCCCO2. The molecule has 1 aromatic rings. The Balaban J connectivity index is 2.43. The summed E-state index contributed by atoms with van der Waals surface area (Å²) in [5.74, 6) is 6.82. The van der Waals surface area contributed by atoms with Crippen LogP contribution >= 0.6 is 15.9 Å². The van der Waals surface area contributed by atoms with E-state index < -0.39 is 0 Å². The number of ether oxygens (including phenoxy) is 2. The molecule has 1 heterocycles. The third-order valence-corrected chi connectivity index (χ3v) is 3.73. The number of benzene rings is 1. The maximum absolute atomic E-state index is 5.83. The van der Waals surface area contributed by atoms with Gasteiger partial charge in [0.05, 0.1) is 19.8 Å². The fourth-order valence-electron chi connectivity index (χ4n) is 2.18. The quantitative estimate of drug-likeness (QED) is 0.868. The largest absolute Gasteiger partial charge is 0.490 e. The zero-order valence-electron chi connectivity index (χ0n) is 10.5. The lowest BCUT2D eigenvalue weighted by Gasteiger charge is -2.17. The number of halogens is 1. The fraction of sp³-hybridized carbons (Fsp3) is 0.538. The van der Waals surface area contributed by atoms with E-state index in [1.54, 1.807) is 0 Å². The van der Waals surface area contributed by atoms with E-state index in [0.29, 0.717) is 19.8 Å². The van der Waals surface area contributed by atoms with Crippen LogP contribution in [0.15, 0.2) is 10.5 Å². The molecule has 0 spiro atoms. The van der Waals surface area contributed by atoms with Crippen molar-refractivity contribution in [3.63, 3.8) is 0 Å². The fourth-order valence-corrected chi connectivity index (χ4v) is 2.83. The van der Waals surface area contributed by atoms with Gasteiger partial charge in [-0.1, -0.05) is 22.9 Å². The third-order valence-electron chi connectivity index (χ3n) is 3.02. The van der Waals surface area contributed by atoms with Gasteiger partial charge < -0.3 is 14.3 Å². The van der Waals surface area contributed by atoms with Gasteiger partial charge in [-0.15, -0.1) is 0 Å². The lowest BCUT2D eigenvalue weighted by molar-refractivity contribution is 0.141. The Labute approximate surface area is 115 Å². The van der Waals surface area contributed by atoms with Gasteiger partial charge in [-0.25, -0.2) is 5.90 Å². The smallest absolute Gasteiger partial charge is 0.164 e. The Bertz CT molecular complexity index is 423. The molecule has 0 atom stereocenters. The van der Waals surface area contributed by atoms with Crippen LogP contribution in [0.25, 0.3) is 0 Å². The van der Waals surface area contributed by atoms with Crippen molar-refractivity contribution < 1.29 is 14.3 Å². The van der Waals surface area contributed by atoms with E-state index in [0.717, 1.165) is 35.2 Å². The van der Waals surface area contributed by atoms with Gasteiger partial charge in [-0.3, -0.25) is 0 Å². The van der Waals surface area contributed by atoms with Crippen molar-refractivity contribution in [3.05, 3.63) is 21.7 Å². The number of fused-ring (bicyclic) bond motifs is 1. The molecule has 0 saturated carbocycles. The van der Waals surface area contributed by atoms with Gasteiger partial charge in [0.25, 0.3) is 0 Å². The van der Waals surface area contributed by atoms with Gasteiger partial charge in [0, 0.05) is 16.5 Å². The normalized spacial score (nSPS) is 14.4. The first-order valence-corrected chi connectivity index (χ1v) is 6.98. The molecule has 0 bridgehead atoms. The van der Waals surface area contributed by atoms with E-state index in [-0.39, 0.29) is 0 Å². The zero-order chi connectivity index (χ0) is 13.0. The summed E-state index contributed by atoms with van der Waals surface area (Å²) in [5.41, 5.74) is 2.37. The van der Waals surface area contributed by atoms with E-state index in [1.807, 2.05) is 6.07 Å². The van der Waals surface area contributed by atoms with Crippen molar-refractivity contribution in [2.75, 3.05) is 19.8 Å². The molecule has 2 N–H and O–H groups in total. The minimum atomic E-state index is 0.491. The molecule has 5 heteroatoms. The molecule has 0 unspecified atom stereocenters. The number of hydrogen-bond acceptors (Lipinski definition) is 4. The average molecular weight is 316 g/mol. The molecule has 100 valence electrons. The predicted octanol–water partition coefficient (Wildman–Crippen LogP) is 2.61. The van der Waals surface area contributed by atoms with Crippen LogP contribution in [0.4, 0.5) is 0 Å². The second-order valence-corrected chi connectivity index (χ2v) is 5.02. The highest BCUT2D eigenvalue weighted by Crippen LogP contribution is 2.40. The highest BCUT2D eigenvalue weighted by molar-refractivity contribution is 9.10. The maximum atomic E-state index is 5.83. The van der Waals surface area contributed by atoms with Crippen LogP contribution in [0.5, 0.6) is 11.5 Å². The minimum Gasteiger partial charge on any atom is -0.490 e. The molecule has 0 fully saturated rings. The Kier molecular flexibility index (Phi) is 4.86. The molecule has 0 saturated heterocycles. The maximum Gasteiger partial charge on any atom is 0.164 e. The molecule has 2 rings (SSSR count). The molecule has 0 aromatic heterocycles. The Morgan fingerprint density at radius 1 is 1.33 bits per heavy atom. The van der Waals surface area contributed by atoms with Crippen LogP contribution in [0.3, 0.4) is 0 Å². The van der Waals surface area contributed by atoms with E-state index >= 15 is 0 Å². The molecule has 0 amide bonds. The van der Waals surface area contributed by atoms with Crippen LogP contribution < -0.4 is 15.4 Å². The van der Waals surface area contributed by atoms with Crippen molar-refractivity contribution in [2.45, 2.75) is 26.2 Å². The first-order chi connectivity index (χ1) is 8.77. The summed E-state index contributed by atoms with van der Waals surface area (Å²) in [6.45, 7) is 4.01. The summed E-state index contributed by atoms with van der Waals surface area (Å²) in [4.78, 5) is 4.68. The first-order valence-electron chi connectivity index (χ1n) is 6.19. The summed E-state index contributed by atoms with van der Waals surface area (Å²) in [5, 5.41) is 0. The third kappa shape index (κ3) is 2.79. The van der Waals surface area contributed by atoms with E-state index in [4.69, 9.17) is 15.4 Å².